The first-order chi connectivity index (χ1) is 6.06. The summed E-state index contributed by atoms with van der Waals surface area (Å²) in [5.74, 6) is 0. The van der Waals surface area contributed by atoms with Crippen LogP contribution in [-0.4, -0.2) is 4.98 Å². The number of pyridine rings is 1. The van der Waals surface area contributed by atoms with Crippen LogP contribution in [-0.2, 0) is 5.33 Å². The number of anilines is 1. The van der Waals surface area contributed by atoms with Crippen molar-refractivity contribution in [1.82, 2.24) is 4.98 Å². The minimum Gasteiger partial charge on any atom is -0.398 e. The first kappa shape index (κ1) is 10.4. The fourth-order valence-corrected chi connectivity index (χ4v) is 1.27. The lowest BCUT2D eigenvalue weighted by Crippen LogP contribution is -2.02. The second-order valence-electron chi connectivity index (χ2n) is 2.65. The van der Waals surface area contributed by atoms with E-state index in [1.54, 1.807) is 13.0 Å². The zero-order valence-electron chi connectivity index (χ0n) is 7.02. The summed E-state index contributed by atoms with van der Waals surface area (Å²) in [6, 6.07) is 1.59. The summed E-state index contributed by atoms with van der Waals surface area (Å²) in [4.78, 5) is 3.77. The van der Waals surface area contributed by atoms with Crippen molar-refractivity contribution in [2.24, 2.45) is 0 Å². The van der Waals surface area contributed by atoms with Gasteiger partial charge in [-0.3, -0.25) is 4.98 Å². The molecule has 0 aliphatic rings. The van der Waals surface area contributed by atoms with E-state index in [0.717, 1.165) is 0 Å². The summed E-state index contributed by atoms with van der Waals surface area (Å²) in [5, 5.41) is 0.428. The van der Waals surface area contributed by atoms with Gasteiger partial charge in [-0.05, 0) is 18.6 Å². The maximum Gasteiger partial charge on any atom is 0.280 e. The van der Waals surface area contributed by atoms with E-state index in [2.05, 4.69) is 20.9 Å². The highest BCUT2D eigenvalue weighted by Crippen LogP contribution is 2.25. The Labute approximate surface area is 83.3 Å². The molecular weight excluding hydrogens is 242 g/mol. The van der Waals surface area contributed by atoms with Crippen LogP contribution in [0.25, 0.3) is 0 Å². The third-order valence-corrected chi connectivity index (χ3v) is 2.32. The maximum atomic E-state index is 12.4. The molecule has 5 heteroatoms. The largest absolute Gasteiger partial charge is 0.398 e. The fraction of sp³-hybridized carbons (Fsp3) is 0.375. The van der Waals surface area contributed by atoms with E-state index < -0.39 is 6.43 Å². The number of hydrogen-bond donors (Lipinski definition) is 1. The predicted octanol–water partition coefficient (Wildman–Crippen LogP) is 2.80. The second-order valence-corrected chi connectivity index (χ2v) is 3.21. The van der Waals surface area contributed by atoms with Gasteiger partial charge >= 0.3 is 0 Å². The van der Waals surface area contributed by atoms with E-state index in [9.17, 15) is 8.78 Å². The lowest BCUT2D eigenvalue weighted by molar-refractivity contribution is 0.145. The monoisotopic (exact) mass is 250 g/mol. The molecule has 2 nitrogen and oxygen atoms in total. The Hall–Kier alpha value is -0.710. The molecular formula is C8H9BrF2N2. The molecule has 0 spiro atoms. The number of halogens is 3. The minimum absolute atomic E-state index is 0.227. The number of rotatable bonds is 2. The first-order valence-corrected chi connectivity index (χ1v) is 4.78. The lowest BCUT2D eigenvalue weighted by atomic mass is 10.1. The third-order valence-electron chi connectivity index (χ3n) is 1.75. The highest BCUT2D eigenvalue weighted by molar-refractivity contribution is 9.08. The number of nitrogens with two attached hydrogens (primary N) is 1. The SMILES string of the molecule is Cc1c(N)cc(CBr)nc1C(F)F. The van der Waals surface area contributed by atoms with Gasteiger partial charge in [-0.25, -0.2) is 8.78 Å². The number of alkyl halides is 3. The predicted molar refractivity (Wildman–Crippen MR) is 51.0 cm³/mol. The molecule has 0 amide bonds. The molecule has 0 unspecified atom stereocenters. The smallest absolute Gasteiger partial charge is 0.280 e. The average molecular weight is 251 g/mol. The highest BCUT2D eigenvalue weighted by atomic mass is 79.9. The van der Waals surface area contributed by atoms with Gasteiger partial charge in [0, 0.05) is 11.0 Å². The van der Waals surface area contributed by atoms with Crippen molar-refractivity contribution in [2.45, 2.75) is 18.7 Å². The molecule has 0 bridgehead atoms. The second kappa shape index (κ2) is 4.00. The lowest BCUT2D eigenvalue weighted by Gasteiger charge is -2.08. The highest BCUT2D eigenvalue weighted by Gasteiger charge is 2.15. The zero-order valence-corrected chi connectivity index (χ0v) is 8.61. The van der Waals surface area contributed by atoms with Gasteiger partial charge in [-0.1, -0.05) is 15.9 Å². The molecule has 0 fully saturated rings. The van der Waals surface area contributed by atoms with Gasteiger partial charge < -0.3 is 5.73 Å². The number of nitrogens with zero attached hydrogens (tertiary/aromatic N) is 1. The molecule has 1 rings (SSSR count). The van der Waals surface area contributed by atoms with Crippen molar-refractivity contribution < 1.29 is 8.78 Å². The standard InChI is InChI=1S/C8H9BrF2N2/c1-4-6(12)2-5(3-9)13-7(4)8(10)11/h2,8H,3H2,1H3,(H2,12,13). The molecule has 0 aliphatic heterocycles. The van der Waals surface area contributed by atoms with Crippen LogP contribution >= 0.6 is 15.9 Å². The van der Waals surface area contributed by atoms with Crippen LogP contribution in [0.5, 0.6) is 0 Å². The molecule has 1 heterocycles. The number of aromatic nitrogens is 1. The summed E-state index contributed by atoms with van der Waals surface area (Å²) < 4.78 is 24.8. The summed E-state index contributed by atoms with van der Waals surface area (Å²) in [5.41, 5.74) is 6.56. The first-order valence-electron chi connectivity index (χ1n) is 3.66. The quantitative estimate of drug-likeness (QED) is 0.821. The maximum absolute atomic E-state index is 12.4. The van der Waals surface area contributed by atoms with Crippen molar-refractivity contribution in [1.29, 1.82) is 0 Å². The summed E-state index contributed by atoms with van der Waals surface area (Å²) in [6.07, 6.45) is -2.57. The molecule has 72 valence electrons. The normalized spacial score (nSPS) is 10.8. The van der Waals surface area contributed by atoms with Crippen LogP contribution in [0.1, 0.15) is 23.4 Å². The molecule has 0 saturated carbocycles. The van der Waals surface area contributed by atoms with Crippen molar-refractivity contribution in [3.8, 4) is 0 Å². The third kappa shape index (κ3) is 2.15. The molecule has 2 N–H and O–H groups in total. The topological polar surface area (TPSA) is 38.9 Å². The molecule has 1 aromatic heterocycles. The molecule has 0 aromatic carbocycles. The van der Waals surface area contributed by atoms with Crippen molar-refractivity contribution in [3.05, 3.63) is 23.0 Å². The van der Waals surface area contributed by atoms with Gasteiger partial charge in [0.25, 0.3) is 6.43 Å². The Kier molecular flexibility index (Phi) is 3.19. The molecule has 13 heavy (non-hydrogen) atoms. The molecule has 1 aromatic rings. The van der Waals surface area contributed by atoms with Gasteiger partial charge in [-0.15, -0.1) is 0 Å². The molecule has 0 radical (unpaired) electrons. The molecule has 0 saturated heterocycles. The van der Waals surface area contributed by atoms with Crippen LogP contribution in [0.2, 0.25) is 0 Å². The van der Waals surface area contributed by atoms with E-state index in [1.165, 1.54) is 0 Å². The van der Waals surface area contributed by atoms with Gasteiger partial charge in [0.1, 0.15) is 5.69 Å². The Morgan fingerprint density at radius 1 is 1.62 bits per heavy atom. The Bertz CT molecular complexity index is 315. The minimum atomic E-state index is -2.57. The number of hydrogen-bond acceptors (Lipinski definition) is 2. The van der Waals surface area contributed by atoms with Crippen LogP contribution < -0.4 is 5.73 Å². The van der Waals surface area contributed by atoms with E-state index in [-0.39, 0.29) is 5.69 Å². The fourth-order valence-electron chi connectivity index (χ4n) is 0.987. The molecule has 0 atom stereocenters. The van der Waals surface area contributed by atoms with Crippen molar-refractivity contribution in [2.75, 3.05) is 5.73 Å². The Morgan fingerprint density at radius 2 is 2.23 bits per heavy atom. The summed E-state index contributed by atoms with van der Waals surface area (Å²) >= 11 is 3.14. The van der Waals surface area contributed by atoms with Crippen LogP contribution in [0.3, 0.4) is 0 Å². The van der Waals surface area contributed by atoms with E-state index in [1.807, 2.05) is 0 Å². The van der Waals surface area contributed by atoms with Crippen molar-refractivity contribution >= 4 is 21.6 Å². The van der Waals surface area contributed by atoms with Crippen LogP contribution in [0.15, 0.2) is 6.07 Å². The average Bonchev–Trinajstić information content (AvgIpc) is 2.09. The van der Waals surface area contributed by atoms with Crippen molar-refractivity contribution in [3.63, 3.8) is 0 Å². The van der Waals surface area contributed by atoms with Gasteiger partial charge in [0.05, 0.1) is 5.69 Å². The van der Waals surface area contributed by atoms with E-state index >= 15 is 0 Å². The van der Waals surface area contributed by atoms with Gasteiger partial charge in [0.2, 0.25) is 0 Å². The summed E-state index contributed by atoms with van der Waals surface area (Å²) in [7, 11) is 0. The zero-order chi connectivity index (χ0) is 10.0. The van der Waals surface area contributed by atoms with Crippen LogP contribution in [0.4, 0.5) is 14.5 Å². The number of nitrogen functional groups attached to an aromatic ring is 1. The van der Waals surface area contributed by atoms with Gasteiger partial charge in [0.15, 0.2) is 0 Å². The van der Waals surface area contributed by atoms with E-state index in [4.69, 9.17) is 5.73 Å². The molecule has 0 aliphatic carbocycles. The van der Waals surface area contributed by atoms with Gasteiger partial charge in [-0.2, -0.15) is 0 Å². The Balaban J connectivity index is 3.25. The summed E-state index contributed by atoms with van der Waals surface area (Å²) in [6.45, 7) is 1.54. The van der Waals surface area contributed by atoms with E-state index in [0.29, 0.717) is 22.3 Å². The Morgan fingerprint density at radius 3 is 2.69 bits per heavy atom. The van der Waals surface area contributed by atoms with Crippen LogP contribution in [0, 0.1) is 6.92 Å².